The maximum atomic E-state index is 13.1. The van der Waals surface area contributed by atoms with Crippen molar-refractivity contribution in [2.45, 2.75) is 353 Å². The minimum Gasteiger partial charge on any atom is -0.383 e. The van der Waals surface area contributed by atoms with Crippen molar-refractivity contribution in [1.82, 2.24) is 120 Å². The summed E-state index contributed by atoms with van der Waals surface area (Å²) in [5.74, 6) is 4.42. The summed E-state index contributed by atoms with van der Waals surface area (Å²) >= 11 is 0. The number of rotatable bonds is 38. The van der Waals surface area contributed by atoms with Crippen LogP contribution in [0, 0.1) is 27.1 Å². The van der Waals surface area contributed by atoms with Crippen molar-refractivity contribution in [2.75, 3.05) is 229 Å². The molecule has 5 saturated heterocycles. The molecule has 33 heteroatoms. The molecule has 146 heavy (non-hydrogen) atoms. The van der Waals surface area contributed by atoms with Gasteiger partial charge in [-0.05, 0) is 339 Å². The summed E-state index contributed by atoms with van der Waals surface area (Å²) in [5.41, 5.74) is 21.2. The third kappa shape index (κ3) is 25.7. The number of amides is 4. The van der Waals surface area contributed by atoms with Gasteiger partial charge in [-0.3, -0.25) is 67.1 Å². The Morgan fingerprint density at radius 3 is 0.849 bits per heavy atom. The molecule has 5 spiro atoms. The quantitative estimate of drug-likeness (QED) is 0.0245. The van der Waals surface area contributed by atoms with Gasteiger partial charge in [-0.2, -0.15) is 25.5 Å². The number of likely N-dealkylation sites (tertiary alicyclic amines) is 4. The van der Waals surface area contributed by atoms with Crippen LogP contribution in [-0.4, -0.2) is 358 Å². The Labute approximate surface area is 875 Å². The van der Waals surface area contributed by atoms with Crippen LogP contribution in [0.25, 0.3) is 0 Å². The molecule has 0 atom stereocenters. The molecule has 15 heterocycles. The number of ether oxygens (including phenoxy) is 5. The van der Waals surface area contributed by atoms with Gasteiger partial charge in [0.1, 0.15) is 0 Å². The summed E-state index contributed by atoms with van der Waals surface area (Å²) in [6.45, 7) is 39.3. The highest BCUT2D eigenvalue weighted by Crippen LogP contribution is 2.57. The number of fused-ring (bicyclic) bond motifs is 5. The number of carbonyl (C=O) groups is 4. The van der Waals surface area contributed by atoms with Crippen molar-refractivity contribution in [3.63, 3.8) is 0 Å². The van der Waals surface area contributed by atoms with E-state index >= 15 is 0 Å². The molecule has 0 bridgehead atoms. The molecular weight excluding hydrogens is 1840 g/mol. The van der Waals surface area contributed by atoms with Crippen LogP contribution in [0.2, 0.25) is 0 Å². The number of likely N-dealkylation sites (N-methyl/N-ethyl adjacent to an activating group) is 10. The van der Waals surface area contributed by atoms with Crippen LogP contribution >= 0.6 is 0 Å². The molecule has 0 radical (unpaired) electrons. The number of carbonyl (C=O) groups excluding carboxylic acids is 4. The highest BCUT2D eigenvalue weighted by Gasteiger charge is 2.55. The Balaban J connectivity index is 0.000000131. The maximum Gasteiger partial charge on any atom is 0.229 e. The molecule has 5 aromatic heterocycles. The number of aryl methyl sites for hydroxylation is 3. The second-order valence-electron chi connectivity index (χ2n) is 47.6. The zero-order chi connectivity index (χ0) is 103. The fraction of sp³-hybridized carbons (Fsp3) is 0.832. The van der Waals surface area contributed by atoms with Gasteiger partial charge in [0, 0.05) is 241 Å². The van der Waals surface area contributed by atoms with E-state index < -0.39 is 0 Å². The second kappa shape index (κ2) is 51.8. The Morgan fingerprint density at radius 2 is 0.582 bits per heavy atom. The average Bonchev–Trinajstić information content (AvgIpc) is 1.58. The van der Waals surface area contributed by atoms with Crippen LogP contribution in [0.15, 0.2) is 0 Å². The van der Waals surface area contributed by atoms with E-state index in [-0.39, 0.29) is 21.7 Å². The molecule has 15 aliphatic rings. The molecule has 5 aromatic rings. The number of nitrogens with zero attached hydrogens (tertiary/aromatic N) is 19. The maximum absolute atomic E-state index is 13.1. The number of nitrogens with one attached hydrogen (secondary N) is 5. The smallest absolute Gasteiger partial charge is 0.229 e. The molecule has 0 aromatic carbocycles. The number of methoxy groups -OCH3 is 2. The first-order chi connectivity index (χ1) is 70.8. The standard InChI is InChI=1S/C23H39N5O3.2C23H39N5O2.C23H39N5O.C21H36N4O/c1-24-9-11-26(2)16-19-21(20-17-31-15-13-28(20)25-19)18-4-6-23(7-5-18)8-10-27(22(23)29)12-14-30-3;1-17(2)27-11-9-23(22(27)29)7-5-18(6-8-23)21-19(15-26(4)12-10-24-3)25-28-13-14-30-16-20(21)28;1-24-11-14-26(2)17-19-21(20-5-4-12-28(20)25-19)18-6-8-23(9-7-18)10-13-27(22(23)29)15-16-30-3;1-17(2)27-14-11-23(22(27)29)9-7-18(8-10-23)21-19(16-26(4)15-12-24-3)25-28-13-5-6-20(21)28;1-22-11-13-24(2)16-18-20(19-4-3-12-25(19)23-18)17-5-7-21(8-6-17)9-14-26-15-10-21/h18,24H,4-17H2,1-3H3;17-18,24H,5-16H2,1-4H3;18,24H,4-17H2,1-3H3;17-18,24H,5-16H2,1-4H3;17,22H,3-16H2,1-2H3. The van der Waals surface area contributed by atoms with Crippen molar-refractivity contribution in [1.29, 1.82) is 0 Å². The lowest BCUT2D eigenvalue weighted by molar-refractivity contribution is -0.139. The van der Waals surface area contributed by atoms with Crippen LogP contribution < -0.4 is 26.6 Å². The number of aromatic nitrogens is 10. The third-order valence-electron chi connectivity index (χ3n) is 37.5. The molecular formula is C113H192N24O9. The van der Waals surface area contributed by atoms with E-state index in [1.807, 2.05) is 45.0 Å². The largest absolute Gasteiger partial charge is 0.383 e. The Morgan fingerprint density at radius 1 is 0.322 bits per heavy atom. The van der Waals surface area contributed by atoms with E-state index in [9.17, 15) is 19.2 Å². The van der Waals surface area contributed by atoms with Gasteiger partial charge in [-0.15, -0.1) is 0 Å². The highest BCUT2D eigenvalue weighted by atomic mass is 16.5. The van der Waals surface area contributed by atoms with Crippen molar-refractivity contribution >= 4 is 23.6 Å². The molecule has 4 amide bonds. The van der Waals surface area contributed by atoms with Crippen LogP contribution in [0.5, 0.6) is 0 Å². The van der Waals surface area contributed by atoms with Crippen LogP contribution in [0.4, 0.5) is 0 Å². The van der Waals surface area contributed by atoms with Gasteiger partial charge in [0.2, 0.25) is 23.6 Å². The van der Waals surface area contributed by atoms with Crippen molar-refractivity contribution in [2.24, 2.45) is 27.1 Å². The summed E-state index contributed by atoms with van der Waals surface area (Å²) in [5, 5.41) is 41.3. The molecule has 0 unspecified atom stereocenters. The predicted molar refractivity (Wildman–Crippen MR) is 574 cm³/mol. The van der Waals surface area contributed by atoms with Crippen molar-refractivity contribution in [3.8, 4) is 0 Å². The molecule has 5 N–H and O–H groups in total. The molecule has 10 aliphatic heterocycles. The van der Waals surface area contributed by atoms with Crippen LogP contribution in [0.3, 0.4) is 0 Å². The highest BCUT2D eigenvalue weighted by molar-refractivity contribution is 5.87. The minimum absolute atomic E-state index is 0.0686. The third-order valence-corrected chi connectivity index (χ3v) is 37.5. The molecule has 5 aliphatic carbocycles. The van der Waals surface area contributed by atoms with Gasteiger partial charge in [0.05, 0.1) is 114 Å². The topological polar surface area (TPSA) is 293 Å². The lowest BCUT2D eigenvalue weighted by atomic mass is 9.65. The van der Waals surface area contributed by atoms with E-state index in [1.165, 1.54) is 139 Å². The van der Waals surface area contributed by atoms with E-state index in [1.54, 1.807) is 31.0 Å². The molecule has 33 nitrogen and oxygen atoms in total. The number of hydrogen-bond donors (Lipinski definition) is 5. The van der Waals surface area contributed by atoms with E-state index in [0.717, 1.165) is 337 Å². The second-order valence-corrected chi connectivity index (χ2v) is 47.6. The average molecular weight is 2030 g/mol. The van der Waals surface area contributed by atoms with Gasteiger partial charge >= 0.3 is 0 Å². The zero-order valence-corrected chi connectivity index (χ0v) is 93.4. The first kappa shape index (κ1) is 112. The SMILES string of the molecule is CNCCN(C)Cc1nn2c(c1C1CCC3(CC1)CCN(C(C)C)C3=O)CCC2.CNCCN(C)Cc1nn2c(c1C1CCC3(CC1)CCN(C(C)C)C3=O)COCC2.CNCCN(C)Cc1nn2c(c1C1CCC3(CC1)CCN(CCOC)C3=O)CCC2.CNCCN(C)Cc1nn2c(c1C1CCC3(CC1)CCN(CCOC)C3=O)COCC2.CNCCN(C)Cc1nn2c(c1C1CCC3(CCOCC3)CC1)CCC2. The Hall–Kier alpha value is -6.67. The van der Waals surface area contributed by atoms with Gasteiger partial charge < -0.3 is 69.9 Å². The molecule has 818 valence electrons. The van der Waals surface area contributed by atoms with E-state index in [0.29, 0.717) is 91.2 Å². The summed E-state index contributed by atoms with van der Waals surface area (Å²) < 4.78 is 38.9. The first-order valence-corrected chi connectivity index (χ1v) is 57.8. The molecule has 20 rings (SSSR count). The molecule has 5 saturated carbocycles. The lowest BCUT2D eigenvalue weighted by Gasteiger charge is -2.43. The van der Waals surface area contributed by atoms with Gasteiger partial charge in [0.25, 0.3) is 0 Å². The van der Waals surface area contributed by atoms with Crippen LogP contribution in [0.1, 0.15) is 328 Å². The van der Waals surface area contributed by atoms with Crippen molar-refractivity contribution in [3.05, 3.63) is 84.8 Å². The van der Waals surface area contributed by atoms with Crippen molar-refractivity contribution < 1.29 is 42.9 Å². The fourth-order valence-electron chi connectivity index (χ4n) is 28.6. The summed E-state index contributed by atoms with van der Waals surface area (Å²) in [6, 6.07) is 0.646. The monoisotopic (exact) mass is 2030 g/mol. The van der Waals surface area contributed by atoms with Gasteiger partial charge in [0.15, 0.2) is 0 Å². The summed E-state index contributed by atoms with van der Waals surface area (Å²) in [4.78, 5) is 72.6. The van der Waals surface area contributed by atoms with Gasteiger partial charge in [-0.1, -0.05) is 0 Å². The normalized spacial score (nSPS) is 23.4. The van der Waals surface area contributed by atoms with E-state index in [2.05, 4.69) is 147 Å². The van der Waals surface area contributed by atoms with Gasteiger partial charge in [-0.25, -0.2) is 0 Å². The predicted octanol–water partition coefficient (Wildman–Crippen LogP) is 11.6. The van der Waals surface area contributed by atoms with Crippen LogP contribution in [-0.2, 0) is 141 Å². The fourth-order valence-corrected chi connectivity index (χ4v) is 28.6. The summed E-state index contributed by atoms with van der Waals surface area (Å²) in [6.07, 6.45) is 36.4. The van der Waals surface area contributed by atoms with E-state index in [4.69, 9.17) is 49.2 Å². The lowest BCUT2D eigenvalue weighted by Crippen LogP contribution is -2.40. The summed E-state index contributed by atoms with van der Waals surface area (Å²) in [7, 11) is 24.4. The Bertz CT molecular complexity index is 4980. The number of hydrogen-bond acceptors (Lipinski definition) is 24. The first-order valence-electron chi connectivity index (χ1n) is 57.8. The minimum atomic E-state index is -0.141. The zero-order valence-electron chi connectivity index (χ0n) is 93.4. The molecule has 10 fully saturated rings. The Kier molecular flexibility index (Phi) is 39.7.